The van der Waals surface area contributed by atoms with Crippen molar-refractivity contribution >= 4 is 12.4 Å². The Morgan fingerprint density at radius 2 is 1.68 bits per heavy atom. The zero-order valence-corrected chi connectivity index (χ0v) is 11.7. The Hall–Kier alpha value is -0.970. The summed E-state index contributed by atoms with van der Waals surface area (Å²) in [5, 5.41) is 0. The van der Waals surface area contributed by atoms with E-state index >= 15 is 0 Å². The van der Waals surface area contributed by atoms with Crippen molar-refractivity contribution in [2.75, 3.05) is 26.4 Å². The first-order valence-corrected chi connectivity index (χ1v) is 6.57. The Bertz CT molecular complexity index is 421. The minimum Gasteiger partial charge on any atom is -0.486 e. The summed E-state index contributed by atoms with van der Waals surface area (Å²) in [5.74, 6) is 2.15. The van der Waals surface area contributed by atoms with Crippen molar-refractivity contribution in [2.24, 2.45) is 11.7 Å². The first kappa shape index (κ1) is 14.4. The van der Waals surface area contributed by atoms with Gasteiger partial charge in [-0.15, -0.1) is 12.4 Å². The molecule has 0 saturated carbocycles. The van der Waals surface area contributed by atoms with E-state index in [2.05, 4.69) is 0 Å². The van der Waals surface area contributed by atoms with Gasteiger partial charge in [-0.25, -0.2) is 0 Å². The van der Waals surface area contributed by atoms with Crippen LogP contribution in [0.2, 0.25) is 0 Å². The van der Waals surface area contributed by atoms with Gasteiger partial charge in [0.2, 0.25) is 0 Å². The molecule has 1 atom stereocenters. The lowest BCUT2D eigenvalue weighted by molar-refractivity contribution is 0.0583. The van der Waals surface area contributed by atoms with Gasteiger partial charge in [0, 0.05) is 19.3 Å². The second kappa shape index (κ2) is 6.46. The number of nitrogens with two attached hydrogens (primary N) is 1. The third-order valence-electron chi connectivity index (χ3n) is 3.72. The molecule has 3 rings (SSSR count). The van der Waals surface area contributed by atoms with E-state index in [4.69, 9.17) is 19.9 Å². The van der Waals surface area contributed by atoms with Gasteiger partial charge in [-0.05, 0) is 36.5 Å². The summed E-state index contributed by atoms with van der Waals surface area (Å²) in [6.45, 7) is 2.88. The van der Waals surface area contributed by atoms with Gasteiger partial charge in [0.1, 0.15) is 13.2 Å². The molecule has 0 aromatic heterocycles. The number of rotatable bonds is 2. The lowest BCUT2D eigenvalue weighted by Crippen LogP contribution is -2.27. The predicted molar refractivity (Wildman–Crippen MR) is 75.2 cm³/mol. The van der Waals surface area contributed by atoms with Crippen LogP contribution >= 0.6 is 12.4 Å². The monoisotopic (exact) mass is 285 g/mol. The molecule has 1 fully saturated rings. The number of benzene rings is 1. The molecule has 2 aliphatic heterocycles. The quantitative estimate of drug-likeness (QED) is 0.906. The first-order chi connectivity index (χ1) is 8.84. The van der Waals surface area contributed by atoms with E-state index in [1.54, 1.807) is 0 Å². The lowest BCUT2D eigenvalue weighted by Gasteiger charge is -2.28. The van der Waals surface area contributed by atoms with Crippen LogP contribution in [0.25, 0.3) is 0 Å². The molecule has 0 aliphatic carbocycles. The normalized spacial score (nSPS) is 20.5. The molecule has 0 amide bonds. The molecule has 1 aromatic carbocycles. The van der Waals surface area contributed by atoms with Crippen molar-refractivity contribution in [1.29, 1.82) is 0 Å². The Morgan fingerprint density at radius 1 is 1.00 bits per heavy atom. The van der Waals surface area contributed by atoms with Gasteiger partial charge in [-0.2, -0.15) is 0 Å². The minimum absolute atomic E-state index is 0. The third-order valence-corrected chi connectivity index (χ3v) is 3.72. The van der Waals surface area contributed by atoms with E-state index < -0.39 is 0 Å². The summed E-state index contributed by atoms with van der Waals surface area (Å²) in [7, 11) is 0. The summed E-state index contributed by atoms with van der Waals surface area (Å²) >= 11 is 0. The molecule has 0 bridgehead atoms. The van der Waals surface area contributed by atoms with Crippen LogP contribution in [-0.2, 0) is 4.74 Å². The molecule has 1 aromatic rings. The maximum absolute atomic E-state index is 6.35. The van der Waals surface area contributed by atoms with Crippen LogP contribution in [-0.4, -0.2) is 26.4 Å². The van der Waals surface area contributed by atoms with Crippen LogP contribution in [0, 0.1) is 5.92 Å². The molecule has 19 heavy (non-hydrogen) atoms. The van der Waals surface area contributed by atoms with Crippen molar-refractivity contribution in [2.45, 2.75) is 18.9 Å². The van der Waals surface area contributed by atoms with Gasteiger partial charge in [0.15, 0.2) is 11.5 Å². The van der Waals surface area contributed by atoms with Crippen molar-refractivity contribution in [1.82, 2.24) is 0 Å². The van der Waals surface area contributed by atoms with Crippen molar-refractivity contribution in [3.05, 3.63) is 23.8 Å². The fourth-order valence-corrected chi connectivity index (χ4v) is 2.61. The Morgan fingerprint density at radius 3 is 2.42 bits per heavy atom. The van der Waals surface area contributed by atoms with E-state index in [1.807, 2.05) is 18.2 Å². The summed E-state index contributed by atoms with van der Waals surface area (Å²) in [6, 6.07) is 6.09. The smallest absolute Gasteiger partial charge is 0.161 e. The van der Waals surface area contributed by atoms with Gasteiger partial charge in [0.25, 0.3) is 0 Å². The maximum Gasteiger partial charge on any atom is 0.161 e. The molecule has 4 nitrogen and oxygen atoms in total. The van der Waals surface area contributed by atoms with Crippen molar-refractivity contribution in [3.63, 3.8) is 0 Å². The SMILES string of the molecule is Cl.N[C@H](c1ccc2c(c1)OCCO2)C1CCOCC1. The average Bonchev–Trinajstić information content (AvgIpc) is 2.47. The fourth-order valence-electron chi connectivity index (χ4n) is 2.61. The highest BCUT2D eigenvalue weighted by Gasteiger charge is 2.23. The molecule has 5 heteroatoms. The average molecular weight is 286 g/mol. The summed E-state index contributed by atoms with van der Waals surface area (Å²) in [6.07, 6.45) is 2.07. The third kappa shape index (κ3) is 3.14. The highest BCUT2D eigenvalue weighted by molar-refractivity contribution is 5.85. The zero-order valence-electron chi connectivity index (χ0n) is 10.8. The zero-order chi connectivity index (χ0) is 12.4. The van der Waals surface area contributed by atoms with E-state index in [1.165, 1.54) is 0 Å². The summed E-state index contributed by atoms with van der Waals surface area (Å²) < 4.78 is 16.5. The van der Waals surface area contributed by atoms with Gasteiger partial charge in [0.05, 0.1) is 0 Å². The highest BCUT2D eigenvalue weighted by Crippen LogP contribution is 2.35. The van der Waals surface area contributed by atoms with Gasteiger partial charge in [-0.3, -0.25) is 0 Å². The number of hydrogen-bond acceptors (Lipinski definition) is 4. The molecule has 2 heterocycles. The lowest BCUT2D eigenvalue weighted by atomic mass is 9.87. The molecule has 1 saturated heterocycles. The Labute approximate surface area is 119 Å². The Kier molecular flexibility index (Phi) is 4.91. The molecular formula is C14H20ClNO3. The van der Waals surface area contributed by atoms with Gasteiger partial charge in [-0.1, -0.05) is 6.07 Å². The van der Waals surface area contributed by atoms with E-state index in [-0.39, 0.29) is 18.4 Å². The largest absolute Gasteiger partial charge is 0.486 e. The number of halogens is 1. The molecule has 0 spiro atoms. The fraction of sp³-hybridized carbons (Fsp3) is 0.571. The number of fused-ring (bicyclic) bond motifs is 1. The minimum atomic E-state index is 0. The van der Waals surface area contributed by atoms with Crippen molar-refractivity contribution < 1.29 is 14.2 Å². The molecule has 2 N–H and O–H groups in total. The maximum atomic E-state index is 6.35. The van der Waals surface area contributed by atoms with Gasteiger partial charge < -0.3 is 19.9 Å². The standard InChI is InChI=1S/C14H19NO3.ClH/c15-14(10-3-5-16-6-4-10)11-1-2-12-13(9-11)18-8-7-17-12;/h1-2,9-10,14H,3-8,15H2;1H/t14-;/m0./s1. The predicted octanol–water partition coefficient (Wildman–Crippen LogP) is 2.31. The second-order valence-corrected chi connectivity index (χ2v) is 4.88. The van der Waals surface area contributed by atoms with E-state index in [9.17, 15) is 0 Å². The highest BCUT2D eigenvalue weighted by atomic mass is 35.5. The van der Waals surface area contributed by atoms with Crippen molar-refractivity contribution in [3.8, 4) is 11.5 Å². The van der Waals surface area contributed by atoms with Crippen LogP contribution in [0.5, 0.6) is 11.5 Å². The van der Waals surface area contributed by atoms with Crippen LogP contribution in [0.3, 0.4) is 0 Å². The molecule has 0 radical (unpaired) electrons. The Balaban J connectivity index is 0.00000133. The number of hydrogen-bond donors (Lipinski definition) is 1. The summed E-state index contributed by atoms with van der Waals surface area (Å²) in [5.41, 5.74) is 7.48. The number of ether oxygens (including phenoxy) is 3. The second-order valence-electron chi connectivity index (χ2n) is 4.88. The molecule has 106 valence electrons. The molecule has 0 unspecified atom stereocenters. The van der Waals surface area contributed by atoms with Crippen LogP contribution in [0.4, 0.5) is 0 Å². The van der Waals surface area contributed by atoms with Crippen LogP contribution < -0.4 is 15.2 Å². The van der Waals surface area contributed by atoms with Crippen LogP contribution in [0.15, 0.2) is 18.2 Å². The summed E-state index contributed by atoms with van der Waals surface area (Å²) in [4.78, 5) is 0. The van der Waals surface area contributed by atoms with Gasteiger partial charge >= 0.3 is 0 Å². The topological polar surface area (TPSA) is 53.7 Å². The van der Waals surface area contributed by atoms with E-state index in [0.29, 0.717) is 19.1 Å². The molecular weight excluding hydrogens is 266 g/mol. The molecule has 2 aliphatic rings. The van der Waals surface area contributed by atoms with Crippen LogP contribution in [0.1, 0.15) is 24.4 Å². The first-order valence-electron chi connectivity index (χ1n) is 6.57. The van der Waals surface area contributed by atoms with E-state index in [0.717, 1.165) is 43.1 Å².